The van der Waals surface area contributed by atoms with E-state index in [0.717, 1.165) is 39.8 Å². The highest BCUT2D eigenvalue weighted by Crippen LogP contribution is 2.48. The van der Waals surface area contributed by atoms with Crippen LogP contribution in [-0.4, -0.2) is 51.5 Å². The Kier molecular flexibility index (Phi) is 12.7. The van der Waals surface area contributed by atoms with E-state index in [-0.39, 0.29) is 68.7 Å². The quantitative estimate of drug-likeness (QED) is 0.0368. The number of hydrogen-bond donors (Lipinski definition) is 4. The standard InChI is InChI=1S/C43H39ClF6N8O3S/c1-21-13-29-36(39(47)48)55-57(38(29)43(21,49)50)19-34(59)53-32(16-22-14-25(45)18-26(46)15-22)41-54-31-17-23(27-8-6-5-7-24(27)20-61-3)9-10-28(31)42(60)58(41)33-12-11-30(44)35(37(33)52-2)40(51)56-62-4/h5-12,14-15,17-18,21,32,39,52H,13,16,19-20H2,1-4H3,(H2,51,56)(H,53,59). The SMILES string of the molecule is CNc1c(-n2c(C(Cc3cc(F)cc(F)c3)NC(=O)Cn3nc(C(F)F)c4c3C(F)(F)C(C)C4)nc3cc(-c4ccccc4COC)ccc3c2=O)ccc(Cl)c1C(=N)NSC. The number of halogens is 7. The molecular formula is C43H39ClF6N8O3S. The number of alkyl halides is 4. The lowest BCUT2D eigenvalue weighted by Crippen LogP contribution is -2.38. The van der Waals surface area contributed by atoms with Crippen molar-refractivity contribution in [2.75, 3.05) is 25.7 Å². The third-order valence-corrected chi connectivity index (χ3v) is 11.4. The molecule has 0 fully saturated rings. The van der Waals surface area contributed by atoms with Crippen LogP contribution in [0.2, 0.25) is 5.02 Å². The first-order valence-electron chi connectivity index (χ1n) is 19.1. The number of anilines is 1. The maximum atomic E-state index is 15.5. The van der Waals surface area contributed by atoms with Gasteiger partial charge < -0.3 is 20.1 Å². The van der Waals surface area contributed by atoms with E-state index in [0.29, 0.717) is 16.3 Å². The van der Waals surface area contributed by atoms with Crippen LogP contribution in [0.3, 0.4) is 0 Å². The molecular weight excluding hydrogens is 858 g/mol. The number of amidine groups is 1. The van der Waals surface area contributed by atoms with Gasteiger partial charge in [0.2, 0.25) is 5.91 Å². The highest BCUT2D eigenvalue weighted by molar-refractivity contribution is 7.97. The van der Waals surface area contributed by atoms with E-state index in [9.17, 15) is 22.4 Å². The van der Waals surface area contributed by atoms with Crippen LogP contribution in [0.4, 0.5) is 32.0 Å². The number of carbonyl (C=O) groups is 1. The molecule has 62 heavy (non-hydrogen) atoms. The number of nitrogens with zero attached hydrogens (tertiary/aromatic N) is 4. The van der Waals surface area contributed by atoms with Gasteiger partial charge in [0.1, 0.15) is 41.2 Å². The van der Waals surface area contributed by atoms with Gasteiger partial charge >= 0.3 is 0 Å². The smallest absolute Gasteiger partial charge is 0.292 e. The van der Waals surface area contributed by atoms with Crippen molar-refractivity contribution in [3.05, 3.63) is 139 Å². The number of carbonyl (C=O) groups excluding carboxylic acids is 1. The Morgan fingerprint density at radius 3 is 2.48 bits per heavy atom. The lowest BCUT2D eigenvalue weighted by atomic mass is 9.98. The van der Waals surface area contributed by atoms with Crippen molar-refractivity contribution in [2.45, 2.75) is 51.3 Å². The van der Waals surface area contributed by atoms with Crippen LogP contribution >= 0.6 is 23.5 Å². The average molecular weight is 897 g/mol. The van der Waals surface area contributed by atoms with E-state index in [2.05, 4.69) is 20.5 Å². The van der Waals surface area contributed by atoms with Crippen LogP contribution in [-0.2, 0) is 41.4 Å². The van der Waals surface area contributed by atoms with Gasteiger partial charge in [0.05, 0.1) is 45.5 Å². The van der Waals surface area contributed by atoms with Crippen molar-refractivity contribution in [2.24, 2.45) is 5.92 Å². The molecule has 2 aromatic heterocycles. The van der Waals surface area contributed by atoms with E-state index < -0.39 is 71.8 Å². The summed E-state index contributed by atoms with van der Waals surface area (Å²) in [5, 5.41) is 18.4. The number of amides is 1. The summed E-state index contributed by atoms with van der Waals surface area (Å²) < 4.78 is 98.7. The molecule has 2 atom stereocenters. The van der Waals surface area contributed by atoms with Crippen molar-refractivity contribution >= 4 is 51.9 Å². The molecule has 7 rings (SSSR count). The predicted octanol–water partition coefficient (Wildman–Crippen LogP) is 8.88. The van der Waals surface area contributed by atoms with Crippen LogP contribution in [0.15, 0.2) is 77.6 Å². The molecule has 0 radical (unpaired) electrons. The summed E-state index contributed by atoms with van der Waals surface area (Å²) >= 11 is 7.76. The molecule has 1 aliphatic rings. The molecule has 1 aliphatic carbocycles. The second-order valence-electron chi connectivity index (χ2n) is 14.7. The van der Waals surface area contributed by atoms with E-state index in [4.69, 9.17) is 26.7 Å². The molecule has 2 unspecified atom stereocenters. The fourth-order valence-corrected chi connectivity index (χ4v) is 8.48. The Hall–Kier alpha value is -5.85. The third-order valence-electron chi connectivity index (χ3n) is 10.6. The average Bonchev–Trinajstić information content (AvgIpc) is 3.69. The molecule has 0 saturated heterocycles. The second kappa shape index (κ2) is 17.9. The maximum Gasteiger partial charge on any atom is 0.292 e. The van der Waals surface area contributed by atoms with Crippen LogP contribution in [0, 0.1) is 23.0 Å². The minimum Gasteiger partial charge on any atom is -0.386 e. The molecule has 6 aromatic rings. The molecule has 324 valence electrons. The van der Waals surface area contributed by atoms with Crippen molar-refractivity contribution < 1.29 is 35.9 Å². The molecule has 0 saturated carbocycles. The van der Waals surface area contributed by atoms with Crippen molar-refractivity contribution in [1.29, 1.82) is 5.41 Å². The third kappa shape index (κ3) is 8.37. The summed E-state index contributed by atoms with van der Waals surface area (Å²) in [4.78, 5) is 34.2. The lowest BCUT2D eigenvalue weighted by molar-refractivity contribution is -0.123. The van der Waals surface area contributed by atoms with Gasteiger partial charge in [-0.2, -0.15) is 13.9 Å². The zero-order valence-corrected chi connectivity index (χ0v) is 35.1. The fourth-order valence-electron chi connectivity index (χ4n) is 7.92. The monoisotopic (exact) mass is 896 g/mol. The van der Waals surface area contributed by atoms with E-state index in [1.165, 1.54) is 26.1 Å². The van der Waals surface area contributed by atoms with Gasteiger partial charge in [-0.05, 0) is 65.1 Å². The second-order valence-corrected chi connectivity index (χ2v) is 15.7. The number of hydrogen-bond acceptors (Lipinski definition) is 8. The predicted molar refractivity (Wildman–Crippen MR) is 226 cm³/mol. The molecule has 0 bridgehead atoms. The Balaban J connectivity index is 1.47. The molecule has 1 amide bonds. The molecule has 11 nitrogen and oxygen atoms in total. The zero-order chi connectivity index (χ0) is 44.6. The van der Waals surface area contributed by atoms with Crippen molar-refractivity contribution in [3.8, 4) is 16.8 Å². The van der Waals surface area contributed by atoms with Crippen LogP contribution < -0.4 is 20.9 Å². The van der Waals surface area contributed by atoms with E-state index >= 15 is 13.6 Å². The summed E-state index contributed by atoms with van der Waals surface area (Å²) in [6, 6.07) is 16.5. The molecule has 4 aromatic carbocycles. The van der Waals surface area contributed by atoms with Crippen molar-refractivity contribution in [3.63, 3.8) is 0 Å². The number of aromatic nitrogens is 4. The minimum absolute atomic E-state index is 0.00727. The maximum absolute atomic E-state index is 15.5. The highest BCUT2D eigenvalue weighted by Gasteiger charge is 2.51. The first-order chi connectivity index (χ1) is 29.6. The van der Waals surface area contributed by atoms with Crippen LogP contribution in [0.1, 0.15) is 58.9 Å². The number of methoxy groups -OCH3 is 1. The number of rotatable bonds is 14. The fraction of sp³-hybridized carbons (Fsp3) is 0.279. The summed E-state index contributed by atoms with van der Waals surface area (Å²) in [7, 11) is 3.09. The first kappa shape index (κ1) is 44.2. The van der Waals surface area contributed by atoms with Gasteiger partial charge in [0, 0.05) is 44.4 Å². The number of ether oxygens (including phenoxy) is 1. The van der Waals surface area contributed by atoms with Gasteiger partial charge in [-0.15, -0.1) is 0 Å². The van der Waals surface area contributed by atoms with Crippen LogP contribution in [0.5, 0.6) is 0 Å². The summed E-state index contributed by atoms with van der Waals surface area (Å²) in [6.45, 7) is 0.510. The van der Waals surface area contributed by atoms with Gasteiger partial charge in [-0.3, -0.25) is 24.2 Å². The summed E-state index contributed by atoms with van der Waals surface area (Å²) in [5.41, 5.74) is 0.162. The lowest BCUT2D eigenvalue weighted by Gasteiger charge is -2.26. The molecule has 0 aliphatic heterocycles. The summed E-state index contributed by atoms with van der Waals surface area (Å²) in [6.07, 6.45) is -2.31. The topological polar surface area (TPSA) is 139 Å². The van der Waals surface area contributed by atoms with E-state index in [1.54, 1.807) is 31.6 Å². The zero-order valence-electron chi connectivity index (χ0n) is 33.6. The van der Waals surface area contributed by atoms with Crippen molar-refractivity contribution in [1.82, 2.24) is 29.4 Å². The normalized spacial score (nSPS) is 14.9. The highest BCUT2D eigenvalue weighted by atomic mass is 35.5. The van der Waals surface area contributed by atoms with Gasteiger partial charge in [-0.25, -0.2) is 22.5 Å². The Bertz CT molecular complexity index is 2760. The largest absolute Gasteiger partial charge is 0.386 e. The van der Waals surface area contributed by atoms with Gasteiger partial charge in [0.15, 0.2) is 0 Å². The van der Waals surface area contributed by atoms with Gasteiger partial charge in [0.25, 0.3) is 17.9 Å². The molecule has 4 N–H and O–H groups in total. The Morgan fingerprint density at radius 2 is 1.81 bits per heavy atom. The molecule has 19 heteroatoms. The Morgan fingerprint density at radius 1 is 1.08 bits per heavy atom. The van der Waals surface area contributed by atoms with Crippen LogP contribution in [0.25, 0.3) is 27.7 Å². The number of nitrogens with one attached hydrogen (secondary N) is 4. The number of benzene rings is 4. The molecule has 0 spiro atoms. The summed E-state index contributed by atoms with van der Waals surface area (Å²) in [5.74, 6) is -8.17. The van der Waals surface area contributed by atoms with Gasteiger partial charge in [-0.1, -0.05) is 60.8 Å². The Labute approximate surface area is 360 Å². The first-order valence-corrected chi connectivity index (χ1v) is 20.7. The molecule has 2 heterocycles. The number of fused-ring (bicyclic) bond motifs is 2. The van der Waals surface area contributed by atoms with E-state index in [1.807, 2.05) is 24.3 Å². The minimum atomic E-state index is -3.59.